The van der Waals surface area contributed by atoms with Crippen LogP contribution in [0.15, 0.2) is 75.5 Å². The molecule has 0 radical (unpaired) electrons. The zero-order chi connectivity index (χ0) is 17.2. The summed E-state index contributed by atoms with van der Waals surface area (Å²) in [5, 5.41) is 5.58. The highest BCUT2D eigenvalue weighted by atomic mass is 32.2. The van der Waals surface area contributed by atoms with Crippen LogP contribution >= 0.6 is 23.5 Å². The Morgan fingerprint density at radius 2 is 1.76 bits per heavy atom. The van der Waals surface area contributed by atoms with Crippen LogP contribution in [0.3, 0.4) is 0 Å². The van der Waals surface area contributed by atoms with E-state index in [-0.39, 0.29) is 11.6 Å². The molecule has 4 nitrogen and oxygen atoms in total. The van der Waals surface area contributed by atoms with Crippen molar-refractivity contribution in [1.29, 1.82) is 0 Å². The van der Waals surface area contributed by atoms with Gasteiger partial charge in [-0.2, -0.15) is 10.1 Å². The molecule has 4 rings (SSSR count). The van der Waals surface area contributed by atoms with E-state index in [0.29, 0.717) is 16.1 Å². The Kier molecular flexibility index (Phi) is 4.63. The highest BCUT2D eigenvalue weighted by Gasteiger charge is 2.33. The number of thioether (sulfide) groups is 2. The van der Waals surface area contributed by atoms with Crippen molar-refractivity contribution in [2.45, 2.75) is 28.3 Å². The molecule has 0 spiro atoms. The van der Waals surface area contributed by atoms with Gasteiger partial charge in [-0.3, -0.25) is 4.79 Å². The molecule has 3 aromatic rings. The van der Waals surface area contributed by atoms with Crippen molar-refractivity contribution >= 4 is 23.5 Å². The second kappa shape index (κ2) is 7.06. The Labute approximate surface area is 154 Å². The molecule has 1 aliphatic heterocycles. The van der Waals surface area contributed by atoms with Crippen molar-refractivity contribution in [3.63, 3.8) is 0 Å². The molecule has 0 aliphatic carbocycles. The molecular formula is C19H17N3OS2. The van der Waals surface area contributed by atoms with E-state index in [0.717, 1.165) is 5.75 Å². The second-order valence-electron chi connectivity index (χ2n) is 5.87. The summed E-state index contributed by atoms with van der Waals surface area (Å²) in [7, 11) is 0. The van der Waals surface area contributed by atoms with Crippen LogP contribution in [0, 0.1) is 6.92 Å². The summed E-state index contributed by atoms with van der Waals surface area (Å²) in [6.07, 6.45) is 0. The molecule has 1 aromatic heterocycles. The molecule has 2 atom stereocenters. The number of fused-ring (bicyclic) bond motifs is 1. The minimum Gasteiger partial charge on any atom is -0.265 e. The van der Waals surface area contributed by atoms with E-state index in [4.69, 9.17) is 0 Å². The number of nitrogens with zero attached hydrogens (tertiary/aromatic N) is 3. The van der Waals surface area contributed by atoms with Gasteiger partial charge in [-0.05, 0) is 24.6 Å². The SMILES string of the molecule is Cc1nn2c(nc1=O)SC[C@H](Sc1ccccc1)[C@H]2c1ccccc1. The first-order valence-electron chi connectivity index (χ1n) is 8.09. The van der Waals surface area contributed by atoms with Gasteiger partial charge in [-0.1, -0.05) is 60.3 Å². The smallest absolute Gasteiger partial charge is 0.265 e. The van der Waals surface area contributed by atoms with Gasteiger partial charge in [-0.15, -0.1) is 11.8 Å². The van der Waals surface area contributed by atoms with E-state index in [1.54, 1.807) is 18.7 Å². The van der Waals surface area contributed by atoms with Gasteiger partial charge in [0.25, 0.3) is 5.56 Å². The maximum Gasteiger partial charge on any atom is 0.295 e. The van der Waals surface area contributed by atoms with Crippen molar-refractivity contribution in [3.05, 3.63) is 82.3 Å². The van der Waals surface area contributed by atoms with Crippen molar-refractivity contribution < 1.29 is 0 Å². The average Bonchev–Trinajstić information content (AvgIpc) is 2.64. The molecule has 126 valence electrons. The standard InChI is InChI=1S/C19H17N3OS2/c1-13-18(23)20-19-22(21-13)17(14-8-4-2-5-9-14)16(12-24-19)25-15-10-6-3-7-11-15/h2-11,16-17H,12H2,1H3/t16-,17+/m0/s1. The molecule has 0 saturated carbocycles. The molecule has 0 bridgehead atoms. The summed E-state index contributed by atoms with van der Waals surface area (Å²) < 4.78 is 1.93. The van der Waals surface area contributed by atoms with Crippen molar-refractivity contribution in [2.75, 3.05) is 5.75 Å². The Bertz CT molecular complexity index is 928. The van der Waals surface area contributed by atoms with Gasteiger partial charge in [0, 0.05) is 15.9 Å². The molecule has 0 fully saturated rings. The molecule has 1 aliphatic rings. The van der Waals surface area contributed by atoms with Crippen LogP contribution in [0.4, 0.5) is 0 Å². The fourth-order valence-electron chi connectivity index (χ4n) is 2.93. The van der Waals surface area contributed by atoms with E-state index in [1.807, 2.05) is 40.7 Å². The normalized spacial score (nSPS) is 19.4. The summed E-state index contributed by atoms with van der Waals surface area (Å²) in [5.74, 6) is 0.885. The Morgan fingerprint density at radius 1 is 1.08 bits per heavy atom. The number of aryl methyl sites for hydroxylation is 1. The van der Waals surface area contributed by atoms with Crippen LogP contribution in [0.5, 0.6) is 0 Å². The molecule has 25 heavy (non-hydrogen) atoms. The summed E-state index contributed by atoms with van der Waals surface area (Å²) in [6, 6.07) is 20.8. The molecule has 0 amide bonds. The molecular weight excluding hydrogens is 350 g/mol. The van der Waals surface area contributed by atoms with Crippen LogP contribution in [-0.4, -0.2) is 25.8 Å². The lowest BCUT2D eigenvalue weighted by molar-refractivity contribution is 0.431. The third-order valence-corrected chi connectivity index (χ3v) is 6.67. The fourth-order valence-corrected chi connectivity index (χ4v) is 5.40. The maximum atomic E-state index is 11.9. The average molecular weight is 367 g/mol. The Hall–Kier alpha value is -2.05. The predicted octanol–water partition coefficient (Wildman–Crippen LogP) is 3.80. The molecule has 6 heteroatoms. The summed E-state index contributed by atoms with van der Waals surface area (Å²) >= 11 is 3.46. The van der Waals surface area contributed by atoms with E-state index in [2.05, 4.69) is 46.5 Å². The van der Waals surface area contributed by atoms with Gasteiger partial charge in [-0.25, -0.2) is 4.68 Å². The highest BCUT2D eigenvalue weighted by Crippen LogP contribution is 2.41. The largest absolute Gasteiger partial charge is 0.295 e. The van der Waals surface area contributed by atoms with Gasteiger partial charge in [0.05, 0.1) is 6.04 Å². The Balaban J connectivity index is 1.79. The number of hydrogen-bond acceptors (Lipinski definition) is 5. The van der Waals surface area contributed by atoms with Crippen LogP contribution < -0.4 is 5.56 Å². The summed E-state index contributed by atoms with van der Waals surface area (Å²) in [5.41, 5.74) is 1.39. The number of aromatic nitrogens is 3. The van der Waals surface area contributed by atoms with E-state index in [1.165, 1.54) is 10.5 Å². The molecule has 0 N–H and O–H groups in total. The van der Waals surface area contributed by atoms with Crippen LogP contribution in [0.1, 0.15) is 17.3 Å². The lowest BCUT2D eigenvalue weighted by Crippen LogP contribution is -2.35. The quantitative estimate of drug-likeness (QED) is 0.705. The first kappa shape index (κ1) is 16.4. The minimum atomic E-state index is -0.236. The van der Waals surface area contributed by atoms with Gasteiger partial charge < -0.3 is 0 Å². The van der Waals surface area contributed by atoms with Crippen LogP contribution in [0.2, 0.25) is 0 Å². The van der Waals surface area contributed by atoms with Gasteiger partial charge >= 0.3 is 0 Å². The third-order valence-electron chi connectivity index (χ3n) is 4.12. The first-order chi connectivity index (χ1) is 12.2. The van der Waals surface area contributed by atoms with E-state index >= 15 is 0 Å². The van der Waals surface area contributed by atoms with E-state index in [9.17, 15) is 4.79 Å². The van der Waals surface area contributed by atoms with E-state index < -0.39 is 0 Å². The van der Waals surface area contributed by atoms with Gasteiger partial charge in [0.1, 0.15) is 5.69 Å². The number of benzene rings is 2. The summed E-state index contributed by atoms with van der Waals surface area (Å²) in [6.45, 7) is 1.73. The fraction of sp³-hybridized carbons (Fsp3) is 0.211. The minimum absolute atomic E-state index is 0.0504. The predicted molar refractivity (Wildman–Crippen MR) is 102 cm³/mol. The highest BCUT2D eigenvalue weighted by molar-refractivity contribution is 8.03. The van der Waals surface area contributed by atoms with Gasteiger partial charge in [0.2, 0.25) is 0 Å². The monoisotopic (exact) mass is 367 g/mol. The lowest BCUT2D eigenvalue weighted by atomic mass is 10.0. The maximum absolute atomic E-state index is 11.9. The molecule has 0 unspecified atom stereocenters. The molecule has 0 saturated heterocycles. The second-order valence-corrected chi connectivity index (χ2v) is 8.17. The van der Waals surface area contributed by atoms with Crippen LogP contribution in [0.25, 0.3) is 0 Å². The number of rotatable bonds is 3. The number of hydrogen-bond donors (Lipinski definition) is 0. The van der Waals surface area contributed by atoms with Crippen molar-refractivity contribution in [1.82, 2.24) is 14.8 Å². The lowest BCUT2D eigenvalue weighted by Gasteiger charge is -2.33. The molecule has 2 heterocycles. The van der Waals surface area contributed by atoms with Gasteiger partial charge in [0.15, 0.2) is 5.16 Å². The topological polar surface area (TPSA) is 47.8 Å². The first-order valence-corrected chi connectivity index (χ1v) is 9.96. The van der Waals surface area contributed by atoms with Crippen LogP contribution in [-0.2, 0) is 0 Å². The zero-order valence-electron chi connectivity index (χ0n) is 13.7. The molecule has 2 aromatic carbocycles. The third kappa shape index (κ3) is 3.37. The van der Waals surface area contributed by atoms with Crippen molar-refractivity contribution in [3.8, 4) is 0 Å². The van der Waals surface area contributed by atoms with Crippen molar-refractivity contribution in [2.24, 2.45) is 0 Å². The Morgan fingerprint density at radius 3 is 2.48 bits per heavy atom. The zero-order valence-corrected chi connectivity index (χ0v) is 15.3. The summed E-state index contributed by atoms with van der Waals surface area (Å²) in [4.78, 5) is 17.4.